The fourth-order valence-corrected chi connectivity index (χ4v) is 2.05. The topological polar surface area (TPSA) is 26.3 Å². The third kappa shape index (κ3) is 7.94. The third-order valence-corrected chi connectivity index (χ3v) is 2.96. The highest BCUT2D eigenvalue weighted by Gasteiger charge is 2.03. The van der Waals surface area contributed by atoms with Crippen LogP contribution in [-0.4, -0.2) is 12.6 Å². The van der Waals surface area contributed by atoms with E-state index < -0.39 is 0 Å². The summed E-state index contributed by atoms with van der Waals surface area (Å²) in [7, 11) is 0. The highest BCUT2D eigenvalue weighted by molar-refractivity contribution is 14.1. The maximum Gasteiger partial charge on any atom is 0.341 e. The molecule has 0 aromatic carbocycles. The summed E-state index contributed by atoms with van der Waals surface area (Å²) in [6.07, 6.45) is 5.97. The lowest BCUT2D eigenvalue weighted by Gasteiger charge is -1.99. The molecule has 0 radical (unpaired) electrons. The van der Waals surface area contributed by atoms with Crippen LogP contribution in [0.4, 0.5) is 0 Å². The fraction of sp³-hybridized carbons (Fsp3) is 0.692. The quantitative estimate of drug-likeness (QED) is 0.227. The number of hydrogen-bond acceptors (Lipinski definition) is 2. The van der Waals surface area contributed by atoms with E-state index in [1.165, 1.54) is 25.7 Å². The molecule has 0 aromatic heterocycles. The molecular formula is C13H21IO2. The van der Waals surface area contributed by atoms with E-state index in [9.17, 15) is 4.79 Å². The number of unbranched alkanes of at least 4 members (excludes halogenated alkanes) is 3. The van der Waals surface area contributed by atoms with Crippen LogP contribution in [0.1, 0.15) is 52.9 Å². The first-order valence-corrected chi connectivity index (χ1v) is 6.98. The molecule has 0 N–H and O–H groups in total. The minimum atomic E-state index is -0.259. The van der Waals surface area contributed by atoms with Gasteiger partial charge >= 0.3 is 5.97 Å². The van der Waals surface area contributed by atoms with Crippen molar-refractivity contribution in [2.24, 2.45) is 0 Å². The molecule has 0 bridgehead atoms. The average Bonchev–Trinajstić information content (AvgIpc) is 2.24. The molecule has 92 valence electrons. The van der Waals surface area contributed by atoms with Gasteiger partial charge in [0.1, 0.15) is 0 Å². The van der Waals surface area contributed by atoms with Crippen LogP contribution >= 0.6 is 22.6 Å². The van der Waals surface area contributed by atoms with Crippen LogP contribution in [-0.2, 0) is 9.53 Å². The Balaban J connectivity index is 4.15. The van der Waals surface area contributed by atoms with E-state index in [0.29, 0.717) is 12.2 Å². The Bertz CT molecular complexity index is 276. The molecule has 0 saturated carbocycles. The van der Waals surface area contributed by atoms with Crippen LogP contribution in [0.3, 0.4) is 0 Å². The van der Waals surface area contributed by atoms with Gasteiger partial charge in [0, 0.05) is 3.58 Å². The second kappa shape index (κ2) is 9.91. The largest absolute Gasteiger partial charge is 0.462 e. The number of esters is 1. The van der Waals surface area contributed by atoms with E-state index in [2.05, 4.69) is 35.2 Å². The minimum Gasteiger partial charge on any atom is -0.462 e. The first-order valence-electron chi connectivity index (χ1n) is 5.90. The molecule has 0 aromatic rings. The Morgan fingerprint density at radius 1 is 1.25 bits per heavy atom. The summed E-state index contributed by atoms with van der Waals surface area (Å²) in [6, 6.07) is 0. The monoisotopic (exact) mass is 336 g/mol. The first kappa shape index (κ1) is 15.7. The zero-order valence-electron chi connectivity index (χ0n) is 10.4. The molecule has 0 aliphatic heterocycles. The number of halogens is 1. The van der Waals surface area contributed by atoms with Crippen molar-refractivity contribution in [2.75, 3.05) is 6.61 Å². The van der Waals surface area contributed by atoms with Crippen LogP contribution in [0.2, 0.25) is 0 Å². The second-order valence-corrected chi connectivity index (χ2v) is 4.99. The van der Waals surface area contributed by atoms with E-state index in [4.69, 9.17) is 4.74 Å². The van der Waals surface area contributed by atoms with Crippen molar-refractivity contribution in [2.45, 2.75) is 52.9 Å². The van der Waals surface area contributed by atoms with E-state index in [0.717, 1.165) is 10.0 Å². The van der Waals surface area contributed by atoms with Gasteiger partial charge in [-0.3, -0.25) is 0 Å². The van der Waals surface area contributed by atoms with E-state index in [1.54, 1.807) is 6.92 Å². The summed E-state index contributed by atoms with van der Waals surface area (Å²) in [5.41, 5.74) is 3.66. The van der Waals surface area contributed by atoms with E-state index >= 15 is 0 Å². The fourth-order valence-electron chi connectivity index (χ4n) is 1.26. The minimum absolute atomic E-state index is 0.259. The smallest absolute Gasteiger partial charge is 0.341 e. The highest BCUT2D eigenvalue weighted by Crippen LogP contribution is 2.16. The highest BCUT2D eigenvalue weighted by atomic mass is 127. The van der Waals surface area contributed by atoms with Crippen molar-refractivity contribution >= 4 is 28.6 Å². The van der Waals surface area contributed by atoms with Crippen LogP contribution in [0.25, 0.3) is 0 Å². The van der Waals surface area contributed by atoms with Gasteiger partial charge < -0.3 is 4.74 Å². The van der Waals surface area contributed by atoms with Gasteiger partial charge in [-0.05, 0) is 49.3 Å². The molecule has 0 atom stereocenters. The number of hydrogen-bond donors (Lipinski definition) is 0. The first-order chi connectivity index (χ1) is 7.61. The van der Waals surface area contributed by atoms with Gasteiger partial charge in [-0.1, -0.05) is 31.9 Å². The Morgan fingerprint density at radius 3 is 2.50 bits per heavy atom. The Labute approximate surface area is 112 Å². The van der Waals surface area contributed by atoms with Gasteiger partial charge in [-0.2, -0.15) is 0 Å². The molecule has 3 heteroatoms. The van der Waals surface area contributed by atoms with Crippen molar-refractivity contribution in [3.8, 4) is 0 Å². The SMILES string of the molecule is CCCCCCC(I)=C=C(C)C(=O)OCC. The lowest BCUT2D eigenvalue weighted by Crippen LogP contribution is -2.04. The predicted octanol–water partition coefficient (Wildman–Crippen LogP) is 4.38. The van der Waals surface area contributed by atoms with Crippen LogP contribution < -0.4 is 0 Å². The lowest BCUT2D eigenvalue weighted by atomic mass is 10.1. The zero-order chi connectivity index (χ0) is 12.4. The van der Waals surface area contributed by atoms with Gasteiger partial charge in [0.25, 0.3) is 0 Å². The molecule has 0 spiro atoms. The average molecular weight is 336 g/mol. The molecule has 0 rings (SSSR count). The van der Waals surface area contributed by atoms with Crippen LogP contribution in [0.15, 0.2) is 14.9 Å². The summed E-state index contributed by atoms with van der Waals surface area (Å²) >= 11 is 2.25. The zero-order valence-corrected chi connectivity index (χ0v) is 12.6. The van der Waals surface area contributed by atoms with Gasteiger partial charge in [0.05, 0.1) is 12.2 Å². The summed E-state index contributed by atoms with van der Waals surface area (Å²) in [4.78, 5) is 11.3. The molecule has 2 nitrogen and oxygen atoms in total. The predicted molar refractivity (Wildman–Crippen MR) is 75.6 cm³/mol. The molecule has 0 heterocycles. The van der Waals surface area contributed by atoms with Gasteiger partial charge in [0.2, 0.25) is 0 Å². The number of carbonyl (C=O) groups is 1. The van der Waals surface area contributed by atoms with E-state index in [-0.39, 0.29) is 5.97 Å². The van der Waals surface area contributed by atoms with Gasteiger partial charge in [-0.25, -0.2) is 4.79 Å². The molecule has 0 unspecified atom stereocenters. The van der Waals surface area contributed by atoms with Crippen molar-refractivity contribution in [3.05, 3.63) is 14.9 Å². The van der Waals surface area contributed by atoms with Crippen molar-refractivity contribution < 1.29 is 9.53 Å². The summed E-state index contributed by atoms with van der Waals surface area (Å²) in [5, 5.41) is 0. The molecule has 0 fully saturated rings. The maximum atomic E-state index is 11.3. The molecule has 0 saturated heterocycles. The van der Waals surface area contributed by atoms with Gasteiger partial charge in [-0.15, -0.1) is 0 Å². The van der Waals surface area contributed by atoms with Gasteiger partial charge in [0.15, 0.2) is 0 Å². The second-order valence-electron chi connectivity index (χ2n) is 3.69. The van der Waals surface area contributed by atoms with Crippen LogP contribution in [0.5, 0.6) is 0 Å². The van der Waals surface area contributed by atoms with Crippen molar-refractivity contribution in [3.63, 3.8) is 0 Å². The molecule has 0 aliphatic rings. The van der Waals surface area contributed by atoms with E-state index in [1.807, 2.05) is 6.92 Å². The lowest BCUT2D eigenvalue weighted by molar-refractivity contribution is -0.138. The maximum absolute atomic E-state index is 11.3. The summed E-state index contributed by atoms with van der Waals surface area (Å²) in [6.45, 7) is 6.18. The molecular weight excluding hydrogens is 315 g/mol. The Morgan fingerprint density at radius 2 is 1.94 bits per heavy atom. The third-order valence-electron chi connectivity index (χ3n) is 2.15. The Hall–Kier alpha value is -0.280. The van der Waals surface area contributed by atoms with Crippen molar-refractivity contribution in [1.82, 2.24) is 0 Å². The number of rotatable bonds is 7. The summed E-state index contributed by atoms with van der Waals surface area (Å²) in [5.74, 6) is -0.259. The molecule has 16 heavy (non-hydrogen) atoms. The standard InChI is InChI=1S/C13H21IO2/c1-4-6-7-8-9-12(14)10-11(3)13(15)16-5-2/h4-9H2,1-3H3. The van der Waals surface area contributed by atoms with Crippen molar-refractivity contribution in [1.29, 1.82) is 0 Å². The molecule has 0 aliphatic carbocycles. The number of ether oxygens (including phenoxy) is 1. The number of carbonyl (C=O) groups excluding carboxylic acids is 1. The van der Waals surface area contributed by atoms with Crippen LogP contribution in [0, 0.1) is 0 Å². The normalized spacial score (nSPS) is 9.50. The summed E-state index contributed by atoms with van der Waals surface area (Å²) < 4.78 is 6.00. The molecule has 0 amide bonds. The Kier molecular flexibility index (Phi) is 9.74.